The zero-order chi connectivity index (χ0) is 15.1. The molecule has 2 fully saturated rings. The third kappa shape index (κ3) is 2.17. The molecule has 3 heteroatoms. The van der Waals surface area contributed by atoms with Crippen LogP contribution in [-0.2, 0) is 0 Å². The second-order valence-corrected chi connectivity index (χ2v) is 6.27. The van der Waals surface area contributed by atoms with E-state index in [-0.39, 0.29) is 5.91 Å². The zero-order valence-corrected chi connectivity index (χ0v) is 12.4. The molecule has 2 aliphatic heterocycles. The molecule has 0 spiro atoms. The molecule has 2 bridgehead atoms. The van der Waals surface area contributed by atoms with Gasteiger partial charge in [0, 0.05) is 30.3 Å². The largest absolute Gasteiger partial charge is 0.348 e. The Morgan fingerprint density at radius 1 is 1.27 bits per heavy atom. The van der Waals surface area contributed by atoms with Crippen LogP contribution in [-0.4, -0.2) is 36.5 Å². The Kier molecular flexibility index (Phi) is 3.13. The number of nitrogens with zero attached hydrogens (tertiary/aromatic N) is 1. The molecular weight excluding hydrogens is 272 g/mol. The molecule has 2 saturated heterocycles. The lowest BCUT2D eigenvalue weighted by Gasteiger charge is -2.23. The van der Waals surface area contributed by atoms with Crippen LogP contribution >= 0.6 is 0 Å². The monoisotopic (exact) mass is 290 g/mol. The summed E-state index contributed by atoms with van der Waals surface area (Å²) in [5.41, 5.74) is 1.52. The molecule has 2 heterocycles. The van der Waals surface area contributed by atoms with Crippen LogP contribution in [0.3, 0.4) is 0 Å². The van der Waals surface area contributed by atoms with E-state index in [1.807, 2.05) is 36.4 Å². The van der Waals surface area contributed by atoms with E-state index in [2.05, 4.69) is 16.1 Å². The van der Waals surface area contributed by atoms with Gasteiger partial charge < -0.3 is 10.2 Å². The van der Waals surface area contributed by atoms with Gasteiger partial charge in [0.25, 0.3) is 5.91 Å². The first-order chi connectivity index (χ1) is 10.7. The molecule has 2 aliphatic rings. The average molecular weight is 290 g/mol. The first-order valence-corrected chi connectivity index (χ1v) is 7.77. The van der Waals surface area contributed by atoms with Crippen molar-refractivity contribution >= 4 is 16.7 Å². The normalized spacial score (nSPS) is 26.0. The fourth-order valence-corrected chi connectivity index (χ4v) is 3.74. The number of nitrogens with one attached hydrogen (secondary N) is 1. The van der Waals surface area contributed by atoms with E-state index >= 15 is 0 Å². The van der Waals surface area contributed by atoms with E-state index < -0.39 is 0 Å². The Morgan fingerprint density at radius 3 is 2.91 bits per heavy atom. The van der Waals surface area contributed by atoms with Crippen molar-refractivity contribution < 1.29 is 4.79 Å². The number of terminal acetylenes is 1. The van der Waals surface area contributed by atoms with Crippen molar-refractivity contribution in [1.29, 1.82) is 0 Å². The molecule has 3 nitrogen and oxygen atoms in total. The minimum absolute atomic E-state index is 0.00692. The Balaban J connectivity index is 1.61. The van der Waals surface area contributed by atoms with Crippen molar-refractivity contribution in [2.75, 3.05) is 19.6 Å². The third-order valence-electron chi connectivity index (χ3n) is 4.95. The van der Waals surface area contributed by atoms with Crippen LogP contribution in [0.1, 0.15) is 22.3 Å². The second kappa shape index (κ2) is 5.15. The Morgan fingerprint density at radius 2 is 2.18 bits per heavy atom. The van der Waals surface area contributed by atoms with E-state index in [1.165, 1.54) is 13.0 Å². The van der Waals surface area contributed by atoms with Crippen molar-refractivity contribution in [3.8, 4) is 12.3 Å². The van der Waals surface area contributed by atoms with Crippen LogP contribution in [0.2, 0.25) is 0 Å². The average Bonchev–Trinajstić information content (AvgIpc) is 3.16. The van der Waals surface area contributed by atoms with Crippen molar-refractivity contribution in [2.24, 2.45) is 5.92 Å². The van der Waals surface area contributed by atoms with Crippen molar-refractivity contribution in [3.05, 3.63) is 47.5 Å². The van der Waals surface area contributed by atoms with Gasteiger partial charge in [0.1, 0.15) is 0 Å². The van der Waals surface area contributed by atoms with Crippen LogP contribution in [0.15, 0.2) is 36.4 Å². The van der Waals surface area contributed by atoms with Gasteiger partial charge in [0.05, 0.1) is 0 Å². The Hall–Kier alpha value is -2.31. The fraction of sp³-hybridized carbons (Fsp3) is 0.316. The SMILES string of the molecule is C#Cc1cccc2ccc(C(=O)NC3CN4CC[C@H]3C4)cc12. The maximum absolute atomic E-state index is 12.5. The van der Waals surface area contributed by atoms with Crippen LogP contribution in [0, 0.1) is 18.3 Å². The number of hydrogen-bond acceptors (Lipinski definition) is 2. The summed E-state index contributed by atoms with van der Waals surface area (Å²) in [6, 6.07) is 11.9. The summed E-state index contributed by atoms with van der Waals surface area (Å²) in [6.07, 6.45) is 6.76. The molecule has 2 aromatic rings. The van der Waals surface area contributed by atoms with Crippen molar-refractivity contribution in [3.63, 3.8) is 0 Å². The Bertz CT molecular complexity index is 790. The summed E-state index contributed by atoms with van der Waals surface area (Å²) in [7, 11) is 0. The van der Waals surface area contributed by atoms with Gasteiger partial charge in [-0.05, 0) is 47.9 Å². The molecule has 0 radical (unpaired) electrons. The first-order valence-electron chi connectivity index (χ1n) is 7.77. The summed E-state index contributed by atoms with van der Waals surface area (Å²) in [4.78, 5) is 15.0. The van der Waals surface area contributed by atoms with Crippen LogP contribution in [0.25, 0.3) is 10.8 Å². The number of carbonyl (C=O) groups excluding carboxylic acids is 1. The van der Waals surface area contributed by atoms with E-state index in [4.69, 9.17) is 6.42 Å². The number of piperidine rings is 1. The van der Waals surface area contributed by atoms with Crippen molar-refractivity contribution in [1.82, 2.24) is 10.2 Å². The number of carbonyl (C=O) groups is 1. The summed E-state index contributed by atoms with van der Waals surface area (Å²) in [5.74, 6) is 3.32. The predicted octanol–water partition coefficient (Wildman–Crippen LogP) is 2.25. The molecule has 3 atom stereocenters. The van der Waals surface area contributed by atoms with Crippen LogP contribution < -0.4 is 5.32 Å². The van der Waals surface area contributed by atoms with Crippen molar-refractivity contribution in [2.45, 2.75) is 12.5 Å². The maximum Gasteiger partial charge on any atom is 0.251 e. The van der Waals surface area contributed by atoms with Crippen LogP contribution in [0.4, 0.5) is 0 Å². The summed E-state index contributed by atoms with van der Waals surface area (Å²) < 4.78 is 0. The summed E-state index contributed by atoms with van der Waals surface area (Å²) >= 11 is 0. The molecule has 110 valence electrons. The molecule has 0 saturated carbocycles. The quantitative estimate of drug-likeness (QED) is 0.861. The molecule has 1 N–H and O–H groups in total. The zero-order valence-electron chi connectivity index (χ0n) is 12.4. The molecule has 2 aromatic carbocycles. The number of fused-ring (bicyclic) bond motifs is 3. The van der Waals surface area contributed by atoms with Gasteiger partial charge >= 0.3 is 0 Å². The van der Waals surface area contributed by atoms with E-state index in [0.29, 0.717) is 17.5 Å². The summed E-state index contributed by atoms with van der Waals surface area (Å²) in [6.45, 7) is 3.29. The highest BCUT2D eigenvalue weighted by Gasteiger charge is 2.38. The second-order valence-electron chi connectivity index (χ2n) is 6.27. The smallest absolute Gasteiger partial charge is 0.251 e. The lowest BCUT2D eigenvalue weighted by atomic mass is 9.98. The lowest BCUT2D eigenvalue weighted by molar-refractivity contribution is 0.0924. The molecule has 22 heavy (non-hydrogen) atoms. The molecule has 4 rings (SSSR count). The maximum atomic E-state index is 12.5. The molecular formula is C19H18N2O. The number of benzene rings is 2. The van der Waals surface area contributed by atoms with Gasteiger partial charge in [0.15, 0.2) is 0 Å². The standard InChI is InChI=1S/C19H18N2O/c1-2-13-4-3-5-14-6-7-15(10-17(13)14)19(22)20-18-12-21-9-8-16(18)11-21/h1,3-7,10,16,18H,8-9,11-12H2,(H,20,22)/t16-,18?/m0/s1. The van der Waals surface area contributed by atoms with E-state index in [1.54, 1.807) is 0 Å². The van der Waals surface area contributed by atoms with E-state index in [0.717, 1.165) is 29.4 Å². The molecule has 0 aliphatic carbocycles. The molecule has 2 unspecified atom stereocenters. The van der Waals surface area contributed by atoms with Gasteiger partial charge in [-0.2, -0.15) is 0 Å². The van der Waals surface area contributed by atoms with Crippen LogP contribution in [0.5, 0.6) is 0 Å². The lowest BCUT2D eigenvalue weighted by Crippen LogP contribution is -2.43. The first kappa shape index (κ1) is 13.4. The number of hydrogen-bond donors (Lipinski definition) is 1. The van der Waals surface area contributed by atoms with Gasteiger partial charge in [-0.15, -0.1) is 6.42 Å². The Labute approximate surface area is 130 Å². The minimum Gasteiger partial charge on any atom is -0.348 e. The van der Waals surface area contributed by atoms with Gasteiger partial charge in [-0.3, -0.25) is 4.79 Å². The highest BCUT2D eigenvalue weighted by Crippen LogP contribution is 2.28. The highest BCUT2D eigenvalue weighted by molar-refractivity contribution is 6.00. The molecule has 1 amide bonds. The summed E-state index contributed by atoms with van der Waals surface area (Å²) in [5, 5.41) is 5.23. The van der Waals surface area contributed by atoms with Gasteiger partial charge in [0.2, 0.25) is 0 Å². The number of rotatable bonds is 2. The predicted molar refractivity (Wildman–Crippen MR) is 87.7 cm³/mol. The third-order valence-corrected chi connectivity index (χ3v) is 4.95. The van der Waals surface area contributed by atoms with Gasteiger partial charge in [-0.25, -0.2) is 0 Å². The minimum atomic E-state index is 0.00692. The number of amides is 1. The fourth-order valence-electron chi connectivity index (χ4n) is 3.74. The van der Waals surface area contributed by atoms with E-state index in [9.17, 15) is 4.79 Å². The van der Waals surface area contributed by atoms with Gasteiger partial charge in [-0.1, -0.05) is 24.1 Å². The topological polar surface area (TPSA) is 32.3 Å². The highest BCUT2D eigenvalue weighted by atomic mass is 16.1. The molecule has 0 aromatic heterocycles.